The highest BCUT2D eigenvalue weighted by Crippen LogP contribution is 2.25. The van der Waals surface area contributed by atoms with Gasteiger partial charge in [-0.15, -0.1) is 0 Å². The van der Waals surface area contributed by atoms with Gasteiger partial charge in [0.25, 0.3) is 0 Å². The van der Waals surface area contributed by atoms with Gasteiger partial charge in [-0.1, -0.05) is 38.1 Å². The summed E-state index contributed by atoms with van der Waals surface area (Å²) >= 11 is 1.80. The van der Waals surface area contributed by atoms with Crippen LogP contribution in [0.1, 0.15) is 31.0 Å². The van der Waals surface area contributed by atoms with Gasteiger partial charge in [-0.05, 0) is 23.5 Å². The predicted octanol–water partition coefficient (Wildman–Crippen LogP) is 2.80. The number of methoxy groups -OCH3 is 1. The van der Waals surface area contributed by atoms with Crippen LogP contribution in [0, 0.1) is 5.92 Å². The third kappa shape index (κ3) is 4.00. The van der Waals surface area contributed by atoms with E-state index >= 15 is 0 Å². The number of hydrogen-bond donors (Lipinski definition) is 1. The Balaban J connectivity index is 2.01. The van der Waals surface area contributed by atoms with Crippen LogP contribution in [0.15, 0.2) is 24.3 Å². The first-order chi connectivity index (χ1) is 9.60. The number of nitrogens with one attached hydrogen (secondary N) is 1. The molecule has 1 N–H and O–H groups in total. The Bertz CT molecular complexity index is 444. The van der Waals surface area contributed by atoms with E-state index in [2.05, 4.69) is 43.4 Å². The Morgan fingerprint density at radius 1 is 1.35 bits per heavy atom. The first-order valence-electron chi connectivity index (χ1n) is 7.10. The van der Waals surface area contributed by atoms with E-state index in [1.807, 2.05) is 0 Å². The fourth-order valence-electron chi connectivity index (χ4n) is 2.47. The van der Waals surface area contributed by atoms with Gasteiger partial charge >= 0.3 is 5.97 Å². The summed E-state index contributed by atoms with van der Waals surface area (Å²) < 4.78 is 4.82. The minimum absolute atomic E-state index is 0.168. The molecule has 1 aliphatic heterocycles. The van der Waals surface area contributed by atoms with E-state index in [1.54, 1.807) is 11.8 Å². The molecule has 1 aliphatic rings. The van der Waals surface area contributed by atoms with Crippen LogP contribution >= 0.6 is 11.8 Å². The molecule has 1 fully saturated rings. The number of carbonyl (C=O) groups is 1. The average Bonchev–Trinajstić information content (AvgIpc) is 2.47. The minimum Gasteiger partial charge on any atom is -0.468 e. The van der Waals surface area contributed by atoms with Gasteiger partial charge in [-0.3, -0.25) is 10.1 Å². The lowest BCUT2D eigenvalue weighted by atomic mass is 9.99. The van der Waals surface area contributed by atoms with Crippen molar-refractivity contribution < 1.29 is 9.53 Å². The van der Waals surface area contributed by atoms with E-state index in [0.29, 0.717) is 5.92 Å². The summed E-state index contributed by atoms with van der Waals surface area (Å²) in [7, 11) is 1.44. The van der Waals surface area contributed by atoms with Crippen molar-refractivity contribution in [2.75, 3.05) is 18.6 Å². The standard InChI is InChI=1S/C16H23NO2S/c1-11(2)8-12-4-6-13(7-5-12)14-9-20-10-15(17-14)16(18)19-3/h4-7,11,14-15,17H,8-10H2,1-3H3. The van der Waals surface area contributed by atoms with Crippen molar-refractivity contribution in [3.05, 3.63) is 35.4 Å². The van der Waals surface area contributed by atoms with Crippen molar-refractivity contribution in [2.45, 2.75) is 32.4 Å². The molecule has 4 heteroatoms. The van der Waals surface area contributed by atoms with Crippen LogP contribution in [-0.2, 0) is 16.0 Å². The Morgan fingerprint density at radius 3 is 2.65 bits per heavy atom. The zero-order valence-corrected chi connectivity index (χ0v) is 13.2. The first kappa shape index (κ1) is 15.4. The lowest BCUT2D eigenvalue weighted by Gasteiger charge is -2.29. The molecule has 1 heterocycles. The molecule has 2 atom stereocenters. The summed E-state index contributed by atoms with van der Waals surface area (Å²) in [5.41, 5.74) is 2.62. The van der Waals surface area contributed by atoms with Crippen molar-refractivity contribution in [2.24, 2.45) is 5.92 Å². The van der Waals surface area contributed by atoms with Crippen LogP contribution in [0.5, 0.6) is 0 Å². The van der Waals surface area contributed by atoms with Crippen LogP contribution in [-0.4, -0.2) is 30.6 Å². The summed E-state index contributed by atoms with van der Waals surface area (Å²) in [5.74, 6) is 2.29. The van der Waals surface area contributed by atoms with Gasteiger partial charge in [0.15, 0.2) is 0 Å². The van der Waals surface area contributed by atoms with Gasteiger partial charge in [0, 0.05) is 17.5 Å². The molecule has 0 aliphatic carbocycles. The van der Waals surface area contributed by atoms with Crippen molar-refractivity contribution in [3.8, 4) is 0 Å². The Labute approximate surface area is 125 Å². The molecule has 2 rings (SSSR count). The molecule has 2 unspecified atom stereocenters. The SMILES string of the molecule is COC(=O)C1CSCC(c2ccc(CC(C)C)cc2)N1. The van der Waals surface area contributed by atoms with E-state index in [0.717, 1.165) is 17.9 Å². The Kier molecular flexibility index (Phi) is 5.49. The maximum Gasteiger partial charge on any atom is 0.323 e. The van der Waals surface area contributed by atoms with Gasteiger partial charge in [0.05, 0.1) is 7.11 Å². The van der Waals surface area contributed by atoms with Crippen molar-refractivity contribution in [1.82, 2.24) is 5.32 Å². The summed E-state index contributed by atoms with van der Waals surface area (Å²) in [6.07, 6.45) is 1.11. The quantitative estimate of drug-likeness (QED) is 0.866. The van der Waals surface area contributed by atoms with Gasteiger partial charge in [0.1, 0.15) is 6.04 Å². The molecule has 0 bridgehead atoms. The predicted molar refractivity (Wildman–Crippen MR) is 84.0 cm³/mol. The van der Waals surface area contributed by atoms with Crippen molar-refractivity contribution in [1.29, 1.82) is 0 Å². The summed E-state index contributed by atoms with van der Waals surface area (Å²) in [5, 5.41) is 3.39. The third-order valence-electron chi connectivity index (χ3n) is 3.48. The minimum atomic E-state index is -0.195. The normalized spacial score (nSPS) is 22.8. The fraction of sp³-hybridized carbons (Fsp3) is 0.562. The van der Waals surface area contributed by atoms with E-state index in [1.165, 1.54) is 18.2 Å². The van der Waals surface area contributed by atoms with Crippen LogP contribution < -0.4 is 5.32 Å². The van der Waals surface area contributed by atoms with E-state index in [9.17, 15) is 4.79 Å². The number of benzene rings is 1. The molecule has 110 valence electrons. The highest BCUT2D eigenvalue weighted by atomic mass is 32.2. The Hall–Kier alpha value is -1.00. The van der Waals surface area contributed by atoms with E-state index in [-0.39, 0.29) is 18.1 Å². The highest BCUT2D eigenvalue weighted by Gasteiger charge is 2.28. The van der Waals surface area contributed by atoms with Crippen LogP contribution in [0.2, 0.25) is 0 Å². The number of carbonyl (C=O) groups excluding carboxylic acids is 1. The monoisotopic (exact) mass is 293 g/mol. The zero-order chi connectivity index (χ0) is 14.5. The van der Waals surface area contributed by atoms with Gasteiger partial charge in [0.2, 0.25) is 0 Å². The lowest BCUT2D eigenvalue weighted by Crippen LogP contribution is -2.45. The average molecular weight is 293 g/mol. The second-order valence-electron chi connectivity index (χ2n) is 5.67. The van der Waals surface area contributed by atoms with Gasteiger partial charge in [-0.25, -0.2) is 0 Å². The largest absolute Gasteiger partial charge is 0.468 e. The molecule has 0 saturated carbocycles. The van der Waals surface area contributed by atoms with E-state index in [4.69, 9.17) is 4.74 Å². The van der Waals surface area contributed by atoms with Crippen LogP contribution in [0.3, 0.4) is 0 Å². The Morgan fingerprint density at radius 2 is 2.05 bits per heavy atom. The van der Waals surface area contributed by atoms with Crippen LogP contribution in [0.25, 0.3) is 0 Å². The number of hydrogen-bond acceptors (Lipinski definition) is 4. The molecule has 0 spiro atoms. The summed E-state index contributed by atoms with van der Waals surface area (Å²) in [6.45, 7) is 4.46. The molecule has 0 radical (unpaired) electrons. The number of esters is 1. The number of rotatable bonds is 4. The maximum atomic E-state index is 11.6. The second-order valence-corrected chi connectivity index (χ2v) is 6.75. The smallest absolute Gasteiger partial charge is 0.323 e. The molecule has 1 aromatic rings. The van der Waals surface area contributed by atoms with Gasteiger partial charge < -0.3 is 4.74 Å². The maximum absolute atomic E-state index is 11.6. The molecular formula is C16H23NO2S. The summed E-state index contributed by atoms with van der Waals surface area (Å²) in [4.78, 5) is 11.6. The molecule has 0 aromatic heterocycles. The second kappa shape index (κ2) is 7.14. The first-order valence-corrected chi connectivity index (χ1v) is 8.26. The zero-order valence-electron chi connectivity index (χ0n) is 12.4. The number of thioether (sulfide) groups is 1. The lowest BCUT2D eigenvalue weighted by molar-refractivity contribution is -0.142. The molecule has 0 amide bonds. The summed E-state index contributed by atoms with van der Waals surface area (Å²) in [6, 6.07) is 8.78. The molecular weight excluding hydrogens is 270 g/mol. The third-order valence-corrected chi connectivity index (χ3v) is 4.62. The molecule has 3 nitrogen and oxygen atoms in total. The van der Waals surface area contributed by atoms with Crippen molar-refractivity contribution in [3.63, 3.8) is 0 Å². The fourth-order valence-corrected chi connectivity index (χ4v) is 3.60. The molecule has 20 heavy (non-hydrogen) atoms. The van der Waals surface area contributed by atoms with E-state index < -0.39 is 0 Å². The topological polar surface area (TPSA) is 38.3 Å². The molecule has 1 saturated heterocycles. The molecule has 1 aromatic carbocycles. The van der Waals surface area contributed by atoms with Crippen molar-refractivity contribution >= 4 is 17.7 Å². The number of ether oxygens (including phenoxy) is 1. The highest BCUT2D eigenvalue weighted by molar-refractivity contribution is 7.99. The van der Waals surface area contributed by atoms with Crippen LogP contribution in [0.4, 0.5) is 0 Å². The van der Waals surface area contributed by atoms with Gasteiger partial charge in [-0.2, -0.15) is 11.8 Å².